The molecule has 0 radical (unpaired) electrons. The molecule has 5 nitrogen and oxygen atoms in total. The summed E-state index contributed by atoms with van der Waals surface area (Å²) in [5.41, 5.74) is 3.84. The number of rotatable bonds is 5. The third-order valence-electron chi connectivity index (χ3n) is 4.02. The van der Waals surface area contributed by atoms with E-state index in [2.05, 4.69) is 21.4 Å². The summed E-state index contributed by atoms with van der Waals surface area (Å²) in [5.74, 6) is 0.693. The highest BCUT2D eigenvalue weighted by Gasteiger charge is 2.12. The summed E-state index contributed by atoms with van der Waals surface area (Å²) in [6, 6.07) is 13.8. The average Bonchev–Trinajstić information content (AvgIpc) is 3.27. The molecule has 0 bridgehead atoms. The number of fused-ring (bicyclic) bond motifs is 1. The van der Waals surface area contributed by atoms with Crippen LogP contribution in [0.3, 0.4) is 0 Å². The zero-order valence-electron chi connectivity index (χ0n) is 14.9. The van der Waals surface area contributed by atoms with Gasteiger partial charge in [-0.2, -0.15) is 0 Å². The molecular weight excluding hydrogens is 378 g/mol. The van der Waals surface area contributed by atoms with Gasteiger partial charge < -0.3 is 10.1 Å². The van der Waals surface area contributed by atoms with Crippen molar-refractivity contribution < 1.29 is 9.53 Å². The van der Waals surface area contributed by atoms with Crippen molar-refractivity contribution in [1.82, 2.24) is 9.97 Å². The van der Waals surface area contributed by atoms with Crippen LogP contribution in [0, 0.1) is 6.92 Å². The molecule has 0 saturated heterocycles. The first-order valence-corrected chi connectivity index (χ1v) is 10.1. The average molecular weight is 396 g/mol. The highest BCUT2D eigenvalue weighted by Crippen LogP contribution is 2.28. The lowest BCUT2D eigenvalue weighted by Gasteiger charge is -2.00. The van der Waals surface area contributed by atoms with Crippen molar-refractivity contribution in [2.75, 3.05) is 12.4 Å². The lowest BCUT2D eigenvalue weighted by Crippen LogP contribution is -2.14. The molecule has 0 aliphatic rings. The Morgan fingerprint density at radius 1 is 1.15 bits per heavy atom. The maximum atomic E-state index is 12.4. The molecule has 7 heteroatoms. The van der Waals surface area contributed by atoms with E-state index in [-0.39, 0.29) is 12.3 Å². The molecule has 0 unspecified atom stereocenters. The van der Waals surface area contributed by atoms with E-state index in [0.717, 1.165) is 32.2 Å². The maximum Gasteiger partial charge on any atom is 0.232 e. The summed E-state index contributed by atoms with van der Waals surface area (Å²) in [7, 11) is 1.64. The number of nitrogens with zero attached hydrogens (tertiary/aromatic N) is 2. The Morgan fingerprint density at radius 3 is 2.74 bits per heavy atom. The van der Waals surface area contributed by atoms with Crippen LogP contribution in [0.5, 0.6) is 5.75 Å². The number of hydrogen-bond acceptors (Lipinski definition) is 6. The number of methoxy groups -OCH3 is 1. The van der Waals surface area contributed by atoms with Gasteiger partial charge in [-0.15, -0.1) is 11.3 Å². The van der Waals surface area contributed by atoms with Gasteiger partial charge in [-0.3, -0.25) is 4.79 Å². The van der Waals surface area contributed by atoms with Crippen molar-refractivity contribution in [3.63, 3.8) is 0 Å². The molecular formula is C20H17N3O2S2. The monoisotopic (exact) mass is 395 g/mol. The van der Waals surface area contributed by atoms with Crippen molar-refractivity contribution in [2.24, 2.45) is 0 Å². The highest BCUT2D eigenvalue weighted by atomic mass is 32.1. The van der Waals surface area contributed by atoms with E-state index in [9.17, 15) is 4.79 Å². The molecule has 0 aliphatic heterocycles. The summed E-state index contributed by atoms with van der Waals surface area (Å²) in [4.78, 5) is 21.4. The molecule has 0 spiro atoms. The first-order valence-electron chi connectivity index (χ1n) is 8.36. The van der Waals surface area contributed by atoms with Gasteiger partial charge in [0.05, 0.1) is 29.4 Å². The van der Waals surface area contributed by atoms with E-state index in [4.69, 9.17) is 4.74 Å². The fourth-order valence-corrected chi connectivity index (χ4v) is 4.47. The SMILES string of the molecule is COc1ccc(-c2nc(CC(=O)Nc3nc4ccc(C)cc4s3)cs2)cc1. The Kier molecular flexibility index (Phi) is 4.87. The van der Waals surface area contributed by atoms with Gasteiger partial charge in [-0.25, -0.2) is 9.97 Å². The number of anilines is 1. The van der Waals surface area contributed by atoms with Crippen LogP contribution in [0.25, 0.3) is 20.8 Å². The van der Waals surface area contributed by atoms with E-state index in [1.165, 1.54) is 28.2 Å². The minimum absolute atomic E-state index is 0.114. The molecule has 1 amide bonds. The molecule has 0 atom stereocenters. The minimum atomic E-state index is -0.114. The van der Waals surface area contributed by atoms with Crippen LogP contribution in [-0.4, -0.2) is 23.0 Å². The van der Waals surface area contributed by atoms with Crippen LogP contribution in [0.1, 0.15) is 11.3 Å². The van der Waals surface area contributed by atoms with Crippen LogP contribution in [0.15, 0.2) is 47.8 Å². The van der Waals surface area contributed by atoms with Crippen molar-refractivity contribution in [3.05, 3.63) is 59.1 Å². The molecule has 1 N–H and O–H groups in total. The number of ether oxygens (including phenoxy) is 1. The molecule has 4 rings (SSSR count). The van der Waals surface area contributed by atoms with Gasteiger partial charge in [0, 0.05) is 10.9 Å². The fourth-order valence-electron chi connectivity index (χ4n) is 2.67. The van der Waals surface area contributed by atoms with Crippen LogP contribution in [0.4, 0.5) is 5.13 Å². The predicted octanol–water partition coefficient (Wildman–Crippen LogP) is 4.92. The van der Waals surface area contributed by atoms with Crippen molar-refractivity contribution >= 4 is 43.9 Å². The number of carbonyl (C=O) groups excluding carboxylic acids is 1. The number of carbonyl (C=O) groups is 1. The molecule has 0 saturated carbocycles. The normalized spacial score (nSPS) is 10.9. The molecule has 2 aromatic heterocycles. The summed E-state index contributed by atoms with van der Waals surface area (Å²) >= 11 is 3.01. The second-order valence-electron chi connectivity index (χ2n) is 6.09. The first kappa shape index (κ1) is 17.6. The van der Waals surface area contributed by atoms with Crippen LogP contribution >= 0.6 is 22.7 Å². The Morgan fingerprint density at radius 2 is 1.96 bits per heavy atom. The van der Waals surface area contributed by atoms with Gasteiger partial charge in [0.2, 0.25) is 5.91 Å². The molecule has 2 heterocycles. The Bertz CT molecular complexity index is 1100. The van der Waals surface area contributed by atoms with Crippen LogP contribution in [0.2, 0.25) is 0 Å². The Hall–Kier alpha value is -2.77. The third kappa shape index (κ3) is 3.99. The number of thiazole rings is 2. The summed E-state index contributed by atoms with van der Waals surface area (Å²) in [6.07, 6.45) is 0.224. The fraction of sp³-hybridized carbons (Fsp3) is 0.150. The van der Waals surface area contributed by atoms with Crippen molar-refractivity contribution in [1.29, 1.82) is 0 Å². The number of aryl methyl sites for hydroxylation is 1. The summed E-state index contributed by atoms with van der Waals surface area (Å²) in [6.45, 7) is 2.04. The van der Waals surface area contributed by atoms with Gasteiger partial charge in [-0.1, -0.05) is 17.4 Å². The van der Waals surface area contributed by atoms with E-state index in [1.807, 2.05) is 48.7 Å². The Balaban J connectivity index is 1.43. The zero-order chi connectivity index (χ0) is 18.8. The van der Waals surface area contributed by atoms with Gasteiger partial charge in [0.25, 0.3) is 0 Å². The number of hydrogen-bond donors (Lipinski definition) is 1. The lowest BCUT2D eigenvalue weighted by atomic mass is 10.2. The smallest absolute Gasteiger partial charge is 0.232 e. The van der Waals surface area contributed by atoms with Gasteiger partial charge in [0.15, 0.2) is 5.13 Å². The van der Waals surface area contributed by atoms with E-state index >= 15 is 0 Å². The van der Waals surface area contributed by atoms with Crippen LogP contribution in [-0.2, 0) is 11.2 Å². The van der Waals surface area contributed by atoms with E-state index in [1.54, 1.807) is 7.11 Å². The molecule has 0 aliphatic carbocycles. The number of amides is 1. The first-order chi connectivity index (χ1) is 13.1. The van der Waals surface area contributed by atoms with E-state index < -0.39 is 0 Å². The second kappa shape index (κ2) is 7.46. The van der Waals surface area contributed by atoms with Crippen molar-refractivity contribution in [2.45, 2.75) is 13.3 Å². The predicted molar refractivity (Wildman–Crippen MR) is 111 cm³/mol. The quantitative estimate of drug-likeness (QED) is 0.521. The van der Waals surface area contributed by atoms with Crippen LogP contribution < -0.4 is 10.1 Å². The van der Waals surface area contributed by atoms with E-state index in [0.29, 0.717) is 5.13 Å². The molecule has 2 aromatic carbocycles. The third-order valence-corrected chi connectivity index (χ3v) is 5.89. The summed E-state index contributed by atoms with van der Waals surface area (Å²) in [5, 5.41) is 6.30. The number of benzene rings is 2. The lowest BCUT2D eigenvalue weighted by molar-refractivity contribution is -0.115. The molecule has 136 valence electrons. The topological polar surface area (TPSA) is 64.1 Å². The minimum Gasteiger partial charge on any atom is -0.497 e. The summed E-state index contributed by atoms with van der Waals surface area (Å²) < 4.78 is 6.24. The second-order valence-corrected chi connectivity index (χ2v) is 7.98. The van der Waals surface area contributed by atoms with Gasteiger partial charge >= 0.3 is 0 Å². The van der Waals surface area contributed by atoms with Gasteiger partial charge in [-0.05, 0) is 48.9 Å². The largest absolute Gasteiger partial charge is 0.497 e. The number of nitrogens with one attached hydrogen (secondary N) is 1. The molecule has 27 heavy (non-hydrogen) atoms. The highest BCUT2D eigenvalue weighted by molar-refractivity contribution is 7.22. The molecule has 0 fully saturated rings. The Labute approximate surface area is 164 Å². The van der Waals surface area contributed by atoms with Crippen molar-refractivity contribution in [3.8, 4) is 16.3 Å². The maximum absolute atomic E-state index is 12.4. The zero-order valence-corrected chi connectivity index (χ0v) is 16.5. The molecule has 4 aromatic rings. The van der Waals surface area contributed by atoms with Gasteiger partial charge in [0.1, 0.15) is 10.8 Å². The standard InChI is InChI=1S/C20H17N3O2S2/c1-12-3-8-16-17(9-12)27-20(22-16)23-18(24)10-14-11-26-19(21-14)13-4-6-15(25-2)7-5-13/h3-9,11H,10H2,1-2H3,(H,22,23,24). The number of aromatic nitrogens is 2.